The Labute approximate surface area is 111 Å². The van der Waals surface area contributed by atoms with Gasteiger partial charge in [0.2, 0.25) is 5.78 Å². The van der Waals surface area contributed by atoms with E-state index in [9.17, 15) is 9.18 Å². The van der Waals surface area contributed by atoms with Gasteiger partial charge in [-0.25, -0.2) is 9.37 Å². The molecule has 0 spiro atoms. The van der Waals surface area contributed by atoms with E-state index in [4.69, 9.17) is 4.74 Å². The second kappa shape index (κ2) is 6.09. The van der Waals surface area contributed by atoms with Crippen LogP contribution >= 0.6 is 0 Å². The summed E-state index contributed by atoms with van der Waals surface area (Å²) in [6, 6.07) is 9.47. The van der Waals surface area contributed by atoms with Crippen LogP contribution in [0.3, 0.4) is 0 Å². The summed E-state index contributed by atoms with van der Waals surface area (Å²) in [5.41, 5.74) is 0.142. The first kappa shape index (κ1) is 13.2. The molecule has 3 nitrogen and oxygen atoms in total. The summed E-state index contributed by atoms with van der Waals surface area (Å²) in [6.45, 7) is 2.48. The number of ether oxygens (including phenoxy) is 1. The molecule has 0 aliphatic rings. The van der Waals surface area contributed by atoms with E-state index in [-0.39, 0.29) is 5.69 Å². The first-order valence-corrected chi connectivity index (χ1v) is 6.11. The van der Waals surface area contributed by atoms with E-state index < -0.39 is 11.6 Å². The second-order valence-corrected chi connectivity index (χ2v) is 4.01. The smallest absolute Gasteiger partial charge is 0.218 e. The largest absolute Gasteiger partial charge is 0.493 e. The van der Waals surface area contributed by atoms with Crippen molar-refractivity contribution in [1.82, 2.24) is 4.98 Å². The molecular weight excluding hydrogens is 245 g/mol. The molecular formula is C15H14FNO2. The molecule has 2 rings (SSSR count). The average molecular weight is 259 g/mol. The maximum atomic E-state index is 13.6. The van der Waals surface area contributed by atoms with Crippen LogP contribution in [0.4, 0.5) is 4.39 Å². The van der Waals surface area contributed by atoms with Crippen molar-refractivity contribution in [2.24, 2.45) is 0 Å². The summed E-state index contributed by atoms with van der Waals surface area (Å²) >= 11 is 0. The minimum absolute atomic E-state index is 0.185. The number of benzene rings is 1. The molecule has 0 aliphatic heterocycles. The summed E-state index contributed by atoms with van der Waals surface area (Å²) < 4.78 is 19.1. The van der Waals surface area contributed by atoms with Crippen molar-refractivity contribution in [3.05, 3.63) is 59.7 Å². The molecule has 0 saturated carbocycles. The number of carbonyl (C=O) groups excluding carboxylic acids is 1. The van der Waals surface area contributed by atoms with E-state index in [0.29, 0.717) is 17.9 Å². The van der Waals surface area contributed by atoms with Gasteiger partial charge in [-0.15, -0.1) is 0 Å². The number of hydrogen-bond donors (Lipinski definition) is 0. The molecule has 0 radical (unpaired) electrons. The van der Waals surface area contributed by atoms with Gasteiger partial charge in [-0.1, -0.05) is 19.1 Å². The van der Waals surface area contributed by atoms with Crippen LogP contribution in [0, 0.1) is 5.82 Å². The second-order valence-electron chi connectivity index (χ2n) is 4.01. The third-order valence-corrected chi connectivity index (χ3v) is 2.57. The number of halogens is 1. The summed E-state index contributed by atoms with van der Waals surface area (Å²) in [4.78, 5) is 16.1. The van der Waals surface area contributed by atoms with Crippen LogP contribution in [0.5, 0.6) is 5.75 Å². The van der Waals surface area contributed by atoms with Crippen molar-refractivity contribution >= 4 is 5.78 Å². The molecule has 0 unspecified atom stereocenters. The van der Waals surface area contributed by atoms with E-state index in [1.54, 1.807) is 24.3 Å². The zero-order valence-corrected chi connectivity index (χ0v) is 10.6. The van der Waals surface area contributed by atoms with Crippen LogP contribution in [-0.2, 0) is 0 Å². The molecule has 2 aromatic rings. The van der Waals surface area contributed by atoms with Gasteiger partial charge in [-0.3, -0.25) is 4.79 Å². The average Bonchev–Trinajstić information content (AvgIpc) is 2.45. The fourth-order valence-corrected chi connectivity index (χ4v) is 1.67. The Bertz CT molecular complexity index is 584. The molecule has 0 fully saturated rings. The summed E-state index contributed by atoms with van der Waals surface area (Å²) in [5, 5.41) is 0. The number of pyridine rings is 1. The summed E-state index contributed by atoms with van der Waals surface area (Å²) in [7, 11) is 0. The minimum Gasteiger partial charge on any atom is -0.493 e. The van der Waals surface area contributed by atoms with Gasteiger partial charge in [0.25, 0.3) is 0 Å². The summed E-state index contributed by atoms with van der Waals surface area (Å²) in [5.74, 6) is -0.637. The molecule has 0 atom stereocenters. The predicted molar refractivity (Wildman–Crippen MR) is 69.9 cm³/mol. The molecule has 1 heterocycles. The fourth-order valence-electron chi connectivity index (χ4n) is 1.67. The van der Waals surface area contributed by atoms with Crippen molar-refractivity contribution in [2.45, 2.75) is 13.3 Å². The molecule has 1 aromatic carbocycles. The lowest BCUT2D eigenvalue weighted by molar-refractivity contribution is 0.102. The quantitative estimate of drug-likeness (QED) is 0.774. The molecule has 0 amide bonds. The Morgan fingerprint density at radius 2 is 2.05 bits per heavy atom. The van der Waals surface area contributed by atoms with E-state index in [2.05, 4.69) is 4.98 Å². The van der Waals surface area contributed by atoms with Crippen LogP contribution in [0.15, 0.2) is 42.6 Å². The Kier molecular flexibility index (Phi) is 4.23. The highest BCUT2D eigenvalue weighted by Gasteiger charge is 2.18. The van der Waals surface area contributed by atoms with Crippen LogP contribution in [-0.4, -0.2) is 17.4 Å². The van der Waals surface area contributed by atoms with Crippen molar-refractivity contribution in [3.8, 4) is 5.75 Å². The Morgan fingerprint density at radius 3 is 2.79 bits per heavy atom. The highest BCUT2D eigenvalue weighted by Crippen LogP contribution is 2.22. The zero-order chi connectivity index (χ0) is 13.7. The number of carbonyl (C=O) groups is 1. The van der Waals surface area contributed by atoms with Crippen molar-refractivity contribution in [3.63, 3.8) is 0 Å². The van der Waals surface area contributed by atoms with Gasteiger partial charge in [-0.2, -0.15) is 0 Å². The zero-order valence-electron chi connectivity index (χ0n) is 10.6. The summed E-state index contributed by atoms with van der Waals surface area (Å²) in [6.07, 6.45) is 2.23. The third-order valence-electron chi connectivity index (χ3n) is 2.57. The van der Waals surface area contributed by atoms with Crippen LogP contribution in [0.25, 0.3) is 0 Å². The molecule has 0 aliphatic carbocycles. The van der Waals surface area contributed by atoms with E-state index in [1.807, 2.05) is 6.92 Å². The van der Waals surface area contributed by atoms with E-state index in [1.165, 1.54) is 18.3 Å². The first-order chi connectivity index (χ1) is 9.24. The van der Waals surface area contributed by atoms with Crippen molar-refractivity contribution in [2.75, 3.05) is 6.61 Å². The van der Waals surface area contributed by atoms with Crippen LogP contribution in [0.2, 0.25) is 0 Å². The molecule has 4 heteroatoms. The predicted octanol–water partition coefficient (Wildman–Crippen LogP) is 3.24. The van der Waals surface area contributed by atoms with Gasteiger partial charge in [0.15, 0.2) is 5.82 Å². The lowest BCUT2D eigenvalue weighted by Gasteiger charge is -2.09. The lowest BCUT2D eigenvalue weighted by Crippen LogP contribution is -2.09. The molecule has 19 heavy (non-hydrogen) atoms. The number of nitrogens with zero attached hydrogens (tertiary/aromatic N) is 1. The number of aromatic nitrogens is 1. The van der Waals surface area contributed by atoms with Crippen molar-refractivity contribution in [1.29, 1.82) is 0 Å². The lowest BCUT2D eigenvalue weighted by atomic mass is 10.1. The highest BCUT2D eigenvalue weighted by molar-refractivity contribution is 6.09. The van der Waals surface area contributed by atoms with Gasteiger partial charge in [0.1, 0.15) is 11.4 Å². The SMILES string of the molecule is CCCOc1ccccc1C(=O)c1ncccc1F. The molecule has 0 bridgehead atoms. The highest BCUT2D eigenvalue weighted by atomic mass is 19.1. The van der Waals surface area contributed by atoms with Gasteiger partial charge >= 0.3 is 0 Å². The standard InChI is InChI=1S/C15H14FNO2/c1-2-10-19-13-8-4-3-6-11(13)15(18)14-12(16)7-5-9-17-14/h3-9H,2,10H2,1H3. The molecule has 0 N–H and O–H groups in total. The van der Waals surface area contributed by atoms with Crippen LogP contribution < -0.4 is 4.74 Å². The number of rotatable bonds is 5. The van der Waals surface area contributed by atoms with Gasteiger partial charge in [0.05, 0.1) is 12.2 Å². The number of ketones is 1. The normalized spacial score (nSPS) is 10.2. The number of hydrogen-bond acceptors (Lipinski definition) is 3. The third kappa shape index (κ3) is 2.96. The molecule has 1 aromatic heterocycles. The molecule has 0 saturated heterocycles. The first-order valence-electron chi connectivity index (χ1n) is 6.11. The minimum atomic E-state index is -0.627. The Balaban J connectivity index is 2.36. The number of para-hydroxylation sites is 1. The van der Waals surface area contributed by atoms with Crippen LogP contribution in [0.1, 0.15) is 29.4 Å². The van der Waals surface area contributed by atoms with Gasteiger partial charge in [0, 0.05) is 6.20 Å². The maximum absolute atomic E-state index is 13.6. The van der Waals surface area contributed by atoms with Crippen molar-refractivity contribution < 1.29 is 13.9 Å². The topological polar surface area (TPSA) is 39.2 Å². The fraction of sp³-hybridized carbons (Fsp3) is 0.200. The monoisotopic (exact) mass is 259 g/mol. The Hall–Kier alpha value is -2.23. The van der Waals surface area contributed by atoms with E-state index >= 15 is 0 Å². The van der Waals surface area contributed by atoms with Gasteiger partial charge in [-0.05, 0) is 30.7 Å². The Morgan fingerprint density at radius 1 is 1.26 bits per heavy atom. The van der Waals surface area contributed by atoms with Gasteiger partial charge < -0.3 is 4.74 Å². The maximum Gasteiger partial charge on any atom is 0.218 e. The molecule has 98 valence electrons. The van der Waals surface area contributed by atoms with E-state index in [0.717, 1.165) is 6.42 Å².